The van der Waals surface area contributed by atoms with Crippen LogP contribution >= 0.6 is 0 Å². The number of hydrogen-bond donors (Lipinski definition) is 0. The molecule has 0 N–H and O–H groups in total. The fourth-order valence-electron chi connectivity index (χ4n) is 5.00. The van der Waals surface area contributed by atoms with Crippen molar-refractivity contribution in [3.05, 3.63) is 65.7 Å². The van der Waals surface area contributed by atoms with E-state index in [4.69, 9.17) is 4.74 Å². The minimum absolute atomic E-state index is 0.0457. The Bertz CT molecular complexity index is 818. The van der Waals surface area contributed by atoms with Crippen molar-refractivity contribution >= 4 is 5.78 Å². The van der Waals surface area contributed by atoms with E-state index < -0.39 is 0 Å². The molecule has 2 rings (SSSR count). The Labute approximate surface area is 203 Å². The highest BCUT2D eigenvalue weighted by Crippen LogP contribution is 2.39. The SMILES string of the molecule is CCCCCC(CC)CCC(C)(C)CC(C)(C)COc1ccc(C(=O)c2ccccc2)cc1. The largest absolute Gasteiger partial charge is 0.493 e. The van der Waals surface area contributed by atoms with Gasteiger partial charge >= 0.3 is 0 Å². The summed E-state index contributed by atoms with van der Waals surface area (Å²) in [4.78, 5) is 12.6. The van der Waals surface area contributed by atoms with Crippen LogP contribution < -0.4 is 4.74 Å². The van der Waals surface area contributed by atoms with Crippen molar-refractivity contribution in [2.75, 3.05) is 6.61 Å². The summed E-state index contributed by atoms with van der Waals surface area (Å²) in [7, 11) is 0. The second-order valence-corrected chi connectivity index (χ2v) is 11.3. The first kappa shape index (κ1) is 27.2. The summed E-state index contributed by atoms with van der Waals surface area (Å²) >= 11 is 0. The molecule has 0 radical (unpaired) electrons. The number of ketones is 1. The molecule has 0 amide bonds. The molecule has 2 nitrogen and oxygen atoms in total. The molecule has 33 heavy (non-hydrogen) atoms. The molecular weight excluding hydrogens is 404 g/mol. The van der Waals surface area contributed by atoms with Crippen LogP contribution in [0.25, 0.3) is 0 Å². The quantitative estimate of drug-likeness (QED) is 0.200. The van der Waals surface area contributed by atoms with E-state index in [0.717, 1.165) is 18.1 Å². The van der Waals surface area contributed by atoms with Crippen LogP contribution in [0, 0.1) is 16.7 Å². The minimum Gasteiger partial charge on any atom is -0.493 e. The molecule has 0 aliphatic carbocycles. The third-order valence-electron chi connectivity index (χ3n) is 6.76. The molecule has 0 aromatic heterocycles. The van der Waals surface area contributed by atoms with E-state index in [-0.39, 0.29) is 11.2 Å². The Kier molecular flexibility index (Phi) is 10.7. The Morgan fingerprint density at radius 1 is 0.818 bits per heavy atom. The average molecular weight is 451 g/mol. The summed E-state index contributed by atoms with van der Waals surface area (Å²) in [5, 5.41) is 0. The van der Waals surface area contributed by atoms with Gasteiger partial charge < -0.3 is 4.74 Å². The zero-order chi connectivity index (χ0) is 24.3. The second kappa shape index (κ2) is 13.0. The number of carbonyl (C=O) groups is 1. The molecule has 1 atom stereocenters. The Hall–Kier alpha value is -2.09. The number of carbonyl (C=O) groups excluding carboxylic acids is 1. The van der Waals surface area contributed by atoms with E-state index in [2.05, 4.69) is 41.5 Å². The monoisotopic (exact) mass is 450 g/mol. The van der Waals surface area contributed by atoms with Crippen molar-refractivity contribution < 1.29 is 9.53 Å². The molecule has 0 saturated heterocycles. The lowest BCUT2D eigenvalue weighted by molar-refractivity contribution is 0.103. The summed E-state index contributed by atoms with van der Waals surface area (Å²) in [6.45, 7) is 14.7. The minimum atomic E-state index is 0.0457. The van der Waals surface area contributed by atoms with E-state index in [1.165, 1.54) is 44.9 Å². The highest BCUT2D eigenvalue weighted by Gasteiger charge is 2.30. The number of hydrogen-bond acceptors (Lipinski definition) is 2. The van der Waals surface area contributed by atoms with Gasteiger partial charge in [-0.15, -0.1) is 0 Å². The molecule has 0 spiro atoms. The maximum atomic E-state index is 12.6. The van der Waals surface area contributed by atoms with Gasteiger partial charge in [-0.1, -0.05) is 104 Å². The van der Waals surface area contributed by atoms with Gasteiger partial charge in [0, 0.05) is 11.1 Å². The summed E-state index contributed by atoms with van der Waals surface area (Å²) in [6, 6.07) is 17.0. The number of benzene rings is 2. The van der Waals surface area contributed by atoms with E-state index >= 15 is 0 Å². The molecule has 0 aliphatic heterocycles. The molecule has 0 fully saturated rings. The van der Waals surface area contributed by atoms with E-state index in [0.29, 0.717) is 23.1 Å². The fourth-order valence-corrected chi connectivity index (χ4v) is 5.00. The van der Waals surface area contributed by atoms with Crippen LogP contribution in [0.1, 0.15) is 109 Å². The zero-order valence-corrected chi connectivity index (χ0v) is 22.0. The summed E-state index contributed by atoms with van der Waals surface area (Å²) in [6.07, 6.45) is 10.5. The lowest BCUT2D eigenvalue weighted by Crippen LogP contribution is -2.29. The highest BCUT2D eigenvalue weighted by molar-refractivity contribution is 6.08. The molecule has 2 aromatic rings. The van der Waals surface area contributed by atoms with E-state index in [9.17, 15) is 4.79 Å². The van der Waals surface area contributed by atoms with Crippen LogP contribution in [0.3, 0.4) is 0 Å². The average Bonchev–Trinajstić information content (AvgIpc) is 2.80. The molecule has 0 bridgehead atoms. The first-order valence-electron chi connectivity index (χ1n) is 13.0. The van der Waals surface area contributed by atoms with Crippen LogP contribution in [-0.4, -0.2) is 12.4 Å². The maximum absolute atomic E-state index is 12.6. The standard InChI is InChI=1S/C31H46O2/c1-7-9-11-14-25(8-2)21-22-30(3,4)23-31(5,6)24-33-28-19-17-27(18-20-28)29(32)26-15-12-10-13-16-26/h10,12-13,15-20,25H,7-9,11,14,21-24H2,1-6H3. The van der Waals surface area contributed by atoms with Crippen molar-refractivity contribution in [2.45, 2.75) is 92.9 Å². The Balaban J connectivity index is 1.85. The third kappa shape index (κ3) is 9.74. The van der Waals surface area contributed by atoms with Crippen molar-refractivity contribution in [3.8, 4) is 5.75 Å². The van der Waals surface area contributed by atoms with Gasteiger partial charge in [-0.2, -0.15) is 0 Å². The van der Waals surface area contributed by atoms with E-state index in [1.54, 1.807) is 0 Å². The molecule has 1 unspecified atom stereocenters. The van der Waals surface area contributed by atoms with Crippen LogP contribution in [0.15, 0.2) is 54.6 Å². The van der Waals surface area contributed by atoms with Crippen molar-refractivity contribution in [1.29, 1.82) is 0 Å². The molecule has 182 valence electrons. The first-order chi connectivity index (χ1) is 15.7. The van der Waals surface area contributed by atoms with Gasteiger partial charge in [0.25, 0.3) is 0 Å². The predicted molar refractivity (Wildman–Crippen MR) is 141 cm³/mol. The normalized spacial score (nSPS) is 13.0. The van der Waals surface area contributed by atoms with Gasteiger partial charge in [0.05, 0.1) is 6.61 Å². The van der Waals surface area contributed by atoms with E-state index in [1.807, 2.05) is 54.6 Å². The highest BCUT2D eigenvalue weighted by atomic mass is 16.5. The smallest absolute Gasteiger partial charge is 0.193 e. The molecule has 2 heteroatoms. The van der Waals surface area contributed by atoms with Crippen LogP contribution in [0.4, 0.5) is 0 Å². The van der Waals surface area contributed by atoms with Gasteiger partial charge in [-0.3, -0.25) is 4.79 Å². The summed E-state index contributed by atoms with van der Waals surface area (Å²) in [5.41, 5.74) is 1.80. The van der Waals surface area contributed by atoms with Gasteiger partial charge in [-0.25, -0.2) is 0 Å². The maximum Gasteiger partial charge on any atom is 0.193 e. The number of unbranched alkanes of at least 4 members (excludes halogenated alkanes) is 2. The van der Waals surface area contributed by atoms with Gasteiger partial charge in [0.15, 0.2) is 5.78 Å². The summed E-state index contributed by atoms with van der Waals surface area (Å²) < 4.78 is 6.16. The predicted octanol–water partition coefficient (Wildman–Crippen LogP) is 9.13. The van der Waals surface area contributed by atoms with Crippen LogP contribution in [0.5, 0.6) is 5.75 Å². The molecule has 0 aliphatic rings. The molecular formula is C31H46O2. The van der Waals surface area contributed by atoms with Crippen LogP contribution in [-0.2, 0) is 0 Å². The van der Waals surface area contributed by atoms with Gasteiger partial charge in [0.2, 0.25) is 0 Å². The summed E-state index contributed by atoms with van der Waals surface area (Å²) in [5.74, 6) is 1.74. The van der Waals surface area contributed by atoms with Gasteiger partial charge in [-0.05, 0) is 60.3 Å². The Morgan fingerprint density at radius 3 is 2.06 bits per heavy atom. The topological polar surface area (TPSA) is 26.3 Å². The molecule has 0 saturated carbocycles. The van der Waals surface area contributed by atoms with Crippen molar-refractivity contribution in [2.24, 2.45) is 16.7 Å². The zero-order valence-electron chi connectivity index (χ0n) is 22.0. The van der Waals surface area contributed by atoms with Gasteiger partial charge in [0.1, 0.15) is 5.75 Å². The number of ether oxygens (including phenoxy) is 1. The van der Waals surface area contributed by atoms with Crippen LogP contribution in [0.2, 0.25) is 0 Å². The van der Waals surface area contributed by atoms with Crippen molar-refractivity contribution in [3.63, 3.8) is 0 Å². The third-order valence-corrected chi connectivity index (χ3v) is 6.76. The Morgan fingerprint density at radius 2 is 1.45 bits per heavy atom. The first-order valence-corrected chi connectivity index (χ1v) is 13.0. The lowest BCUT2D eigenvalue weighted by Gasteiger charge is -2.35. The number of rotatable bonds is 15. The lowest BCUT2D eigenvalue weighted by atomic mass is 9.72. The van der Waals surface area contributed by atoms with Crippen molar-refractivity contribution in [1.82, 2.24) is 0 Å². The second-order valence-electron chi connectivity index (χ2n) is 11.3. The molecule has 2 aromatic carbocycles. The molecule has 0 heterocycles. The fraction of sp³-hybridized carbons (Fsp3) is 0.581.